The number of aryl methyl sites for hydroxylation is 1. The molecule has 4 nitrogen and oxygen atoms in total. The smallest absolute Gasteiger partial charge is 0.335 e. The lowest BCUT2D eigenvalue weighted by molar-refractivity contribution is 0.0697. The van der Waals surface area contributed by atoms with Crippen molar-refractivity contribution in [3.63, 3.8) is 0 Å². The summed E-state index contributed by atoms with van der Waals surface area (Å²) >= 11 is 0. The monoisotopic (exact) mass is 252 g/mol. The maximum absolute atomic E-state index is 11.1. The molecule has 1 aromatic heterocycles. The molecule has 0 saturated heterocycles. The first-order valence-corrected chi connectivity index (χ1v) is 6.10. The van der Waals surface area contributed by atoms with Gasteiger partial charge in [-0.15, -0.1) is 0 Å². The number of nitrogens with zero attached hydrogens (tertiary/aromatic N) is 2. The van der Waals surface area contributed by atoms with E-state index in [2.05, 4.69) is 16.0 Å². The van der Waals surface area contributed by atoms with Crippen LogP contribution in [0.1, 0.15) is 33.7 Å². The van der Waals surface area contributed by atoms with E-state index in [0.29, 0.717) is 11.4 Å². The second-order valence-corrected chi connectivity index (χ2v) is 4.41. The number of rotatable bonds is 2. The highest BCUT2D eigenvalue weighted by Crippen LogP contribution is 2.30. The van der Waals surface area contributed by atoms with E-state index in [1.165, 1.54) is 0 Å². The van der Waals surface area contributed by atoms with Gasteiger partial charge in [0.1, 0.15) is 0 Å². The van der Waals surface area contributed by atoms with Gasteiger partial charge in [0.15, 0.2) is 5.82 Å². The minimum Gasteiger partial charge on any atom is -0.478 e. The minimum absolute atomic E-state index is 0.294. The summed E-state index contributed by atoms with van der Waals surface area (Å²) in [4.78, 5) is 19.6. The molecule has 1 aromatic carbocycles. The van der Waals surface area contributed by atoms with Gasteiger partial charge in [0.05, 0.1) is 5.56 Å². The zero-order chi connectivity index (χ0) is 13.2. The van der Waals surface area contributed by atoms with Crippen molar-refractivity contribution in [2.75, 3.05) is 0 Å². The zero-order valence-corrected chi connectivity index (χ0v) is 10.2. The van der Waals surface area contributed by atoms with Crippen LogP contribution >= 0.6 is 0 Å². The van der Waals surface area contributed by atoms with Crippen molar-refractivity contribution >= 4 is 11.5 Å². The summed E-state index contributed by atoms with van der Waals surface area (Å²) in [7, 11) is 0. The molecule has 0 amide bonds. The fraction of sp³-hybridized carbons (Fsp3) is 0.133. The first kappa shape index (κ1) is 11.6. The third-order valence-electron chi connectivity index (χ3n) is 3.22. The van der Waals surface area contributed by atoms with E-state index in [-0.39, 0.29) is 0 Å². The zero-order valence-electron chi connectivity index (χ0n) is 10.2. The normalized spacial score (nSPS) is 13.6. The number of aromatic nitrogens is 2. The Morgan fingerprint density at radius 2 is 2.00 bits per heavy atom. The van der Waals surface area contributed by atoms with Gasteiger partial charge in [0.25, 0.3) is 0 Å². The first-order chi connectivity index (χ1) is 9.25. The van der Waals surface area contributed by atoms with E-state index in [0.717, 1.165) is 29.5 Å². The number of fused-ring (bicyclic) bond motifs is 1. The predicted octanol–water partition coefficient (Wildman–Crippen LogP) is 2.55. The largest absolute Gasteiger partial charge is 0.478 e. The van der Waals surface area contributed by atoms with Crippen molar-refractivity contribution in [2.24, 2.45) is 0 Å². The van der Waals surface area contributed by atoms with Gasteiger partial charge in [-0.05, 0) is 42.2 Å². The van der Waals surface area contributed by atoms with E-state index < -0.39 is 5.97 Å². The maximum atomic E-state index is 11.1. The molecule has 1 heterocycles. The number of hydrogen-bond acceptors (Lipinski definition) is 3. The lowest BCUT2D eigenvalue weighted by Crippen LogP contribution is -2.06. The highest BCUT2D eigenvalue weighted by Gasteiger charge is 2.17. The SMILES string of the molecule is O=C(O)c1ccc2c(c1)C(c1ncccn1)=CCC2. The summed E-state index contributed by atoms with van der Waals surface area (Å²) in [5.41, 5.74) is 3.29. The molecule has 1 aliphatic rings. The molecule has 0 aliphatic heterocycles. The highest BCUT2D eigenvalue weighted by molar-refractivity contribution is 5.90. The summed E-state index contributed by atoms with van der Waals surface area (Å²) in [5.74, 6) is -0.271. The summed E-state index contributed by atoms with van der Waals surface area (Å²) in [5, 5.41) is 9.09. The van der Waals surface area contributed by atoms with Gasteiger partial charge in [-0.2, -0.15) is 0 Å². The standard InChI is InChI=1S/C15H12N2O2/c18-15(19)11-6-5-10-3-1-4-12(13(10)9-11)14-16-7-2-8-17-14/h2,4-9H,1,3H2,(H,18,19). The Morgan fingerprint density at radius 3 is 2.74 bits per heavy atom. The third-order valence-corrected chi connectivity index (χ3v) is 3.22. The van der Waals surface area contributed by atoms with Gasteiger partial charge >= 0.3 is 5.97 Å². The van der Waals surface area contributed by atoms with Gasteiger partial charge in [-0.1, -0.05) is 12.1 Å². The van der Waals surface area contributed by atoms with Crippen LogP contribution in [0, 0.1) is 0 Å². The molecule has 0 radical (unpaired) electrons. The van der Waals surface area contributed by atoms with E-state index in [4.69, 9.17) is 5.11 Å². The van der Waals surface area contributed by atoms with Crippen molar-refractivity contribution in [2.45, 2.75) is 12.8 Å². The van der Waals surface area contributed by atoms with Gasteiger partial charge in [-0.25, -0.2) is 14.8 Å². The lowest BCUT2D eigenvalue weighted by Gasteiger charge is -2.17. The predicted molar refractivity (Wildman–Crippen MR) is 70.8 cm³/mol. The van der Waals surface area contributed by atoms with Crippen LogP contribution in [0.4, 0.5) is 0 Å². The Labute approximate surface area is 110 Å². The molecule has 0 spiro atoms. The van der Waals surface area contributed by atoms with Crippen molar-refractivity contribution < 1.29 is 9.90 Å². The van der Waals surface area contributed by atoms with Crippen LogP contribution in [-0.2, 0) is 6.42 Å². The number of allylic oxidation sites excluding steroid dienone is 1. The summed E-state index contributed by atoms with van der Waals surface area (Å²) in [6, 6.07) is 7.01. The molecule has 3 rings (SSSR count). The number of benzene rings is 1. The molecule has 0 atom stereocenters. The van der Waals surface area contributed by atoms with Crippen LogP contribution in [0.5, 0.6) is 0 Å². The lowest BCUT2D eigenvalue weighted by atomic mass is 9.89. The molecular formula is C15H12N2O2. The average molecular weight is 252 g/mol. The second kappa shape index (κ2) is 4.65. The molecule has 1 aliphatic carbocycles. The van der Waals surface area contributed by atoms with Crippen LogP contribution in [0.2, 0.25) is 0 Å². The van der Waals surface area contributed by atoms with Crippen molar-refractivity contribution in [3.8, 4) is 0 Å². The van der Waals surface area contributed by atoms with Crippen LogP contribution in [0.3, 0.4) is 0 Å². The molecule has 4 heteroatoms. The molecule has 0 bridgehead atoms. The van der Waals surface area contributed by atoms with E-state index in [9.17, 15) is 4.79 Å². The second-order valence-electron chi connectivity index (χ2n) is 4.41. The quantitative estimate of drug-likeness (QED) is 0.892. The fourth-order valence-electron chi connectivity index (χ4n) is 2.31. The Hall–Kier alpha value is -2.49. The van der Waals surface area contributed by atoms with Crippen molar-refractivity contribution in [3.05, 3.63) is 65.2 Å². The maximum Gasteiger partial charge on any atom is 0.335 e. The third kappa shape index (κ3) is 2.12. The Kier molecular flexibility index (Phi) is 2.83. The van der Waals surface area contributed by atoms with Crippen LogP contribution in [0.15, 0.2) is 42.7 Å². The van der Waals surface area contributed by atoms with Gasteiger partial charge < -0.3 is 5.11 Å². The Balaban J connectivity index is 2.13. The molecule has 2 aromatic rings. The van der Waals surface area contributed by atoms with E-state index >= 15 is 0 Å². The Morgan fingerprint density at radius 1 is 1.21 bits per heavy atom. The summed E-state index contributed by atoms with van der Waals surface area (Å²) < 4.78 is 0. The highest BCUT2D eigenvalue weighted by atomic mass is 16.4. The molecule has 19 heavy (non-hydrogen) atoms. The van der Waals surface area contributed by atoms with Crippen LogP contribution in [-0.4, -0.2) is 21.0 Å². The van der Waals surface area contributed by atoms with Gasteiger partial charge in [0.2, 0.25) is 0 Å². The number of hydrogen-bond donors (Lipinski definition) is 1. The number of aromatic carboxylic acids is 1. The Bertz CT molecular complexity index is 663. The molecule has 0 saturated carbocycles. The molecule has 0 fully saturated rings. The number of carbonyl (C=O) groups is 1. The van der Waals surface area contributed by atoms with Crippen molar-refractivity contribution in [1.29, 1.82) is 0 Å². The molecule has 94 valence electrons. The number of carboxylic acids is 1. The molecule has 0 unspecified atom stereocenters. The van der Waals surface area contributed by atoms with Gasteiger partial charge in [-0.3, -0.25) is 0 Å². The molecule has 1 N–H and O–H groups in total. The first-order valence-electron chi connectivity index (χ1n) is 6.10. The van der Waals surface area contributed by atoms with Crippen LogP contribution in [0.25, 0.3) is 5.57 Å². The fourth-order valence-corrected chi connectivity index (χ4v) is 2.31. The van der Waals surface area contributed by atoms with E-state index in [1.54, 1.807) is 30.6 Å². The topological polar surface area (TPSA) is 63.1 Å². The van der Waals surface area contributed by atoms with E-state index in [1.807, 2.05) is 6.07 Å². The van der Waals surface area contributed by atoms with Crippen LogP contribution < -0.4 is 0 Å². The van der Waals surface area contributed by atoms with Gasteiger partial charge in [0, 0.05) is 18.0 Å². The van der Waals surface area contributed by atoms with Crippen molar-refractivity contribution in [1.82, 2.24) is 9.97 Å². The number of carboxylic acid groups (broad SMARTS) is 1. The summed E-state index contributed by atoms with van der Waals surface area (Å²) in [6.45, 7) is 0. The minimum atomic E-state index is -0.915. The average Bonchev–Trinajstić information content (AvgIpc) is 2.47. The summed E-state index contributed by atoms with van der Waals surface area (Å²) in [6.07, 6.45) is 7.30. The molecular weight excluding hydrogens is 240 g/mol.